The first-order valence-corrected chi connectivity index (χ1v) is 7.58. The predicted molar refractivity (Wildman–Crippen MR) is 80.9 cm³/mol. The van der Waals surface area contributed by atoms with Gasteiger partial charge in [0.25, 0.3) is 0 Å². The topological polar surface area (TPSA) is 18.5 Å². The van der Waals surface area contributed by atoms with Crippen molar-refractivity contribution in [2.45, 2.75) is 25.8 Å². The standard InChI is InChI=1S/C16H25N3/c1-14-4-2-6-16(12-14)19-10-8-18(9-11-19)13-15-5-3-7-17-15/h2,4,6,12,15,17H,3,5,7-11,13H2,1H3/t15-/m0/s1. The molecular weight excluding hydrogens is 234 g/mol. The molecule has 0 aliphatic carbocycles. The summed E-state index contributed by atoms with van der Waals surface area (Å²) in [6.07, 6.45) is 2.71. The Labute approximate surface area is 116 Å². The molecular formula is C16H25N3. The lowest BCUT2D eigenvalue weighted by molar-refractivity contribution is 0.236. The highest BCUT2D eigenvalue weighted by Crippen LogP contribution is 2.18. The van der Waals surface area contributed by atoms with Crippen LogP contribution >= 0.6 is 0 Å². The molecule has 3 nitrogen and oxygen atoms in total. The fourth-order valence-electron chi connectivity index (χ4n) is 3.24. The molecule has 0 spiro atoms. The number of piperazine rings is 1. The molecule has 2 fully saturated rings. The summed E-state index contributed by atoms with van der Waals surface area (Å²) in [6, 6.07) is 9.62. The normalized spacial score (nSPS) is 24.9. The quantitative estimate of drug-likeness (QED) is 0.894. The minimum absolute atomic E-state index is 0.741. The smallest absolute Gasteiger partial charge is 0.0369 e. The van der Waals surface area contributed by atoms with E-state index < -0.39 is 0 Å². The highest BCUT2D eigenvalue weighted by Gasteiger charge is 2.21. The fraction of sp³-hybridized carbons (Fsp3) is 0.625. The highest BCUT2D eigenvalue weighted by molar-refractivity contribution is 5.48. The van der Waals surface area contributed by atoms with E-state index in [0.29, 0.717) is 0 Å². The Morgan fingerprint density at radius 1 is 1.21 bits per heavy atom. The fourth-order valence-corrected chi connectivity index (χ4v) is 3.24. The van der Waals surface area contributed by atoms with E-state index in [2.05, 4.69) is 46.3 Å². The number of aryl methyl sites for hydroxylation is 1. The van der Waals surface area contributed by atoms with Gasteiger partial charge in [0.1, 0.15) is 0 Å². The predicted octanol–water partition coefficient (Wildman–Crippen LogP) is 1.87. The van der Waals surface area contributed by atoms with Crippen molar-refractivity contribution in [1.29, 1.82) is 0 Å². The van der Waals surface area contributed by atoms with Gasteiger partial charge in [0.05, 0.1) is 0 Å². The van der Waals surface area contributed by atoms with Crippen molar-refractivity contribution < 1.29 is 0 Å². The van der Waals surface area contributed by atoms with E-state index in [0.717, 1.165) is 19.1 Å². The van der Waals surface area contributed by atoms with Crippen LogP contribution in [0.1, 0.15) is 18.4 Å². The van der Waals surface area contributed by atoms with Gasteiger partial charge < -0.3 is 10.2 Å². The van der Waals surface area contributed by atoms with E-state index in [4.69, 9.17) is 0 Å². The maximum atomic E-state index is 3.60. The van der Waals surface area contributed by atoms with E-state index in [9.17, 15) is 0 Å². The Morgan fingerprint density at radius 2 is 2.05 bits per heavy atom. The van der Waals surface area contributed by atoms with Crippen molar-refractivity contribution in [1.82, 2.24) is 10.2 Å². The number of benzene rings is 1. The SMILES string of the molecule is Cc1cccc(N2CCN(C[C@@H]3CCCN3)CC2)c1. The van der Waals surface area contributed by atoms with Crippen molar-refractivity contribution in [3.63, 3.8) is 0 Å². The maximum Gasteiger partial charge on any atom is 0.0369 e. The van der Waals surface area contributed by atoms with Crippen LogP contribution in [0.25, 0.3) is 0 Å². The average molecular weight is 259 g/mol. The first-order chi connectivity index (χ1) is 9.31. The minimum atomic E-state index is 0.741. The lowest BCUT2D eigenvalue weighted by atomic mass is 10.1. The van der Waals surface area contributed by atoms with E-state index >= 15 is 0 Å². The van der Waals surface area contributed by atoms with Gasteiger partial charge in [-0.1, -0.05) is 12.1 Å². The van der Waals surface area contributed by atoms with Gasteiger partial charge in [-0.05, 0) is 44.0 Å². The largest absolute Gasteiger partial charge is 0.369 e. The van der Waals surface area contributed by atoms with Crippen LogP contribution in [0.15, 0.2) is 24.3 Å². The van der Waals surface area contributed by atoms with Crippen LogP contribution in [0.3, 0.4) is 0 Å². The van der Waals surface area contributed by atoms with Crippen LogP contribution in [0.4, 0.5) is 5.69 Å². The molecule has 2 aliphatic heterocycles. The third-order valence-electron chi connectivity index (χ3n) is 4.38. The second-order valence-corrected chi connectivity index (χ2v) is 5.92. The molecule has 3 rings (SSSR count). The summed E-state index contributed by atoms with van der Waals surface area (Å²) in [7, 11) is 0. The molecule has 0 saturated carbocycles. The van der Waals surface area contributed by atoms with Crippen LogP contribution in [0, 0.1) is 6.92 Å². The lowest BCUT2D eigenvalue weighted by Gasteiger charge is -2.37. The van der Waals surface area contributed by atoms with Gasteiger partial charge in [-0.15, -0.1) is 0 Å². The Morgan fingerprint density at radius 3 is 2.74 bits per heavy atom. The van der Waals surface area contributed by atoms with E-state index in [1.807, 2.05) is 0 Å². The molecule has 104 valence electrons. The first kappa shape index (κ1) is 12.9. The Bertz CT molecular complexity index is 404. The van der Waals surface area contributed by atoms with E-state index in [1.54, 1.807) is 0 Å². The van der Waals surface area contributed by atoms with Crippen LogP contribution in [0.5, 0.6) is 0 Å². The molecule has 0 unspecified atom stereocenters. The number of anilines is 1. The number of hydrogen-bond acceptors (Lipinski definition) is 3. The summed E-state index contributed by atoms with van der Waals surface area (Å²) in [6.45, 7) is 9.35. The lowest BCUT2D eigenvalue weighted by Crippen LogP contribution is -2.49. The van der Waals surface area contributed by atoms with E-state index in [-0.39, 0.29) is 0 Å². The molecule has 0 bridgehead atoms. The molecule has 1 atom stereocenters. The Kier molecular flexibility index (Phi) is 4.04. The number of nitrogens with one attached hydrogen (secondary N) is 1. The van der Waals surface area contributed by atoms with Gasteiger partial charge in [0.2, 0.25) is 0 Å². The number of hydrogen-bond donors (Lipinski definition) is 1. The van der Waals surface area contributed by atoms with E-state index in [1.165, 1.54) is 50.3 Å². The molecule has 0 radical (unpaired) electrons. The van der Waals surface area contributed by atoms with Crippen molar-refractivity contribution in [3.05, 3.63) is 29.8 Å². The molecule has 1 N–H and O–H groups in total. The summed E-state index contributed by atoms with van der Waals surface area (Å²) in [5.41, 5.74) is 2.74. The second kappa shape index (κ2) is 5.93. The molecule has 1 aromatic carbocycles. The molecule has 2 saturated heterocycles. The molecule has 19 heavy (non-hydrogen) atoms. The van der Waals surface area contributed by atoms with Gasteiger partial charge >= 0.3 is 0 Å². The second-order valence-electron chi connectivity index (χ2n) is 5.92. The molecule has 2 heterocycles. The zero-order valence-electron chi connectivity index (χ0n) is 11.9. The highest BCUT2D eigenvalue weighted by atomic mass is 15.3. The molecule has 1 aromatic rings. The number of nitrogens with zero attached hydrogens (tertiary/aromatic N) is 2. The monoisotopic (exact) mass is 259 g/mol. The third-order valence-corrected chi connectivity index (χ3v) is 4.38. The minimum Gasteiger partial charge on any atom is -0.369 e. The van der Waals surface area contributed by atoms with Gasteiger partial charge in [-0.3, -0.25) is 4.90 Å². The first-order valence-electron chi connectivity index (χ1n) is 7.58. The van der Waals surface area contributed by atoms with Gasteiger partial charge in [-0.25, -0.2) is 0 Å². The van der Waals surface area contributed by atoms with Crippen LogP contribution in [-0.4, -0.2) is 50.2 Å². The number of rotatable bonds is 3. The molecule has 2 aliphatic rings. The van der Waals surface area contributed by atoms with Crippen LogP contribution < -0.4 is 10.2 Å². The summed E-state index contributed by atoms with van der Waals surface area (Å²) in [5.74, 6) is 0. The van der Waals surface area contributed by atoms with Gasteiger partial charge in [-0.2, -0.15) is 0 Å². The van der Waals surface area contributed by atoms with Crippen molar-refractivity contribution in [2.24, 2.45) is 0 Å². The molecule has 0 amide bonds. The summed E-state index contributed by atoms with van der Waals surface area (Å²) >= 11 is 0. The summed E-state index contributed by atoms with van der Waals surface area (Å²) in [5, 5.41) is 3.60. The molecule has 0 aromatic heterocycles. The van der Waals surface area contributed by atoms with Crippen molar-refractivity contribution in [3.8, 4) is 0 Å². The maximum absolute atomic E-state index is 3.60. The summed E-state index contributed by atoms with van der Waals surface area (Å²) < 4.78 is 0. The zero-order valence-corrected chi connectivity index (χ0v) is 11.9. The molecule has 3 heteroatoms. The van der Waals surface area contributed by atoms with Gasteiger partial charge in [0, 0.05) is 44.5 Å². The zero-order chi connectivity index (χ0) is 13.1. The van der Waals surface area contributed by atoms with Crippen molar-refractivity contribution >= 4 is 5.69 Å². The Balaban J connectivity index is 1.51. The van der Waals surface area contributed by atoms with Crippen molar-refractivity contribution in [2.75, 3.05) is 44.2 Å². The average Bonchev–Trinajstić information content (AvgIpc) is 2.92. The Hall–Kier alpha value is -1.06. The van der Waals surface area contributed by atoms with Crippen LogP contribution in [0.2, 0.25) is 0 Å². The van der Waals surface area contributed by atoms with Gasteiger partial charge in [0.15, 0.2) is 0 Å². The third kappa shape index (κ3) is 3.28. The summed E-state index contributed by atoms with van der Waals surface area (Å²) in [4.78, 5) is 5.14. The van der Waals surface area contributed by atoms with Crippen LogP contribution in [-0.2, 0) is 0 Å².